The van der Waals surface area contributed by atoms with Crippen LogP contribution in [0.3, 0.4) is 0 Å². The summed E-state index contributed by atoms with van der Waals surface area (Å²) in [6, 6.07) is 38.2. The number of hydrogen-bond acceptors (Lipinski definition) is 8. The van der Waals surface area contributed by atoms with Crippen LogP contribution in [0, 0.1) is 0 Å². The van der Waals surface area contributed by atoms with Crippen molar-refractivity contribution in [3.63, 3.8) is 0 Å². The maximum atomic E-state index is 13.1. The highest BCUT2D eigenvalue weighted by atomic mass is 16.5. The summed E-state index contributed by atoms with van der Waals surface area (Å²) in [6.07, 6.45) is 0. The van der Waals surface area contributed by atoms with Crippen LogP contribution in [-0.4, -0.2) is 25.2 Å². The van der Waals surface area contributed by atoms with Gasteiger partial charge in [0.15, 0.2) is 0 Å². The number of nitrogens with one attached hydrogen (secondary N) is 4. The Morgan fingerprint density at radius 1 is 0.455 bits per heavy atom. The Hall–Kier alpha value is -5.76. The first-order chi connectivity index (χ1) is 21.5. The number of hydrogen-bond donors (Lipinski definition) is 4. The van der Waals surface area contributed by atoms with Gasteiger partial charge < -0.3 is 30.7 Å². The van der Waals surface area contributed by atoms with Gasteiger partial charge in [0, 0.05) is 34.1 Å². The van der Waals surface area contributed by atoms with Crippen LogP contribution in [0.15, 0.2) is 121 Å². The van der Waals surface area contributed by atoms with Gasteiger partial charge in [-0.15, -0.1) is 0 Å². The molecule has 0 fully saturated rings. The normalized spacial score (nSPS) is 10.4. The Bertz CT molecular complexity index is 1560. The predicted octanol–water partition coefficient (Wildman–Crippen LogP) is 9.01. The first kappa shape index (κ1) is 29.7. The van der Waals surface area contributed by atoms with Crippen molar-refractivity contribution in [1.82, 2.24) is 0 Å². The predicted molar refractivity (Wildman–Crippen MR) is 177 cm³/mol. The van der Waals surface area contributed by atoms with Crippen LogP contribution < -0.4 is 21.3 Å². The van der Waals surface area contributed by atoms with Gasteiger partial charge in [0.05, 0.1) is 35.7 Å². The number of ether oxygens (including phenoxy) is 2. The molecular formula is C36H34N4O4. The molecule has 44 heavy (non-hydrogen) atoms. The maximum Gasteiger partial charge on any atom is 0.340 e. The van der Waals surface area contributed by atoms with E-state index >= 15 is 0 Å². The van der Waals surface area contributed by atoms with Crippen LogP contribution >= 0.6 is 0 Å². The molecule has 8 heteroatoms. The zero-order chi connectivity index (χ0) is 30.7. The smallest absolute Gasteiger partial charge is 0.340 e. The number of carbonyl (C=O) groups is 2. The molecule has 0 heterocycles. The molecule has 0 saturated heterocycles. The van der Waals surface area contributed by atoms with Gasteiger partial charge in [0.1, 0.15) is 0 Å². The highest BCUT2D eigenvalue weighted by Crippen LogP contribution is 2.32. The minimum absolute atomic E-state index is 0.205. The van der Waals surface area contributed by atoms with Crippen LogP contribution in [0.1, 0.15) is 34.6 Å². The number of anilines is 8. The molecule has 0 amide bonds. The molecule has 0 bridgehead atoms. The number of para-hydroxylation sites is 2. The molecule has 0 aliphatic heterocycles. The van der Waals surface area contributed by atoms with Crippen molar-refractivity contribution in [1.29, 1.82) is 0 Å². The lowest BCUT2D eigenvalue weighted by molar-refractivity contribution is 0.0513. The monoisotopic (exact) mass is 586 g/mol. The van der Waals surface area contributed by atoms with Crippen LogP contribution in [0.25, 0.3) is 0 Å². The Morgan fingerprint density at radius 3 is 1.07 bits per heavy atom. The first-order valence-corrected chi connectivity index (χ1v) is 14.4. The SMILES string of the molecule is CCOC(=O)c1cc(Nc2ccc(Nc3ccccc3)cc2)c(C(=O)OCC)cc1Nc1ccc(Nc2ccccc2)cc1. The van der Waals surface area contributed by atoms with E-state index in [0.717, 1.165) is 34.1 Å². The van der Waals surface area contributed by atoms with Crippen LogP contribution in [0.4, 0.5) is 45.5 Å². The number of benzene rings is 5. The largest absolute Gasteiger partial charge is 0.462 e. The van der Waals surface area contributed by atoms with Gasteiger partial charge in [0.2, 0.25) is 0 Å². The average molecular weight is 587 g/mol. The Morgan fingerprint density at radius 2 is 0.750 bits per heavy atom. The van der Waals surface area contributed by atoms with Crippen LogP contribution in [0.2, 0.25) is 0 Å². The van der Waals surface area contributed by atoms with Gasteiger partial charge in [0.25, 0.3) is 0 Å². The molecule has 5 aromatic carbocycles. The molecular weight excluding hydrogens is 552 g/mol. The quantitative estimate of drug-likeness (QED) is 0.107. The summed E-state index contributed by atoms with van der Waals surface area (Å²) >= 11 is 0. The molecule has 0 radical (unpaired) electrons. The molecule has 222 valence electrons. The number of esters is 2. The number of carbonyl (C=O) groups excluding carboxylic acids is 2. The van der Waals surface area contributed by atoms with Crippen LogP contribution in [-0.2, 0) is 9.47 Å². The molecule has 0 aliphatic rings. The third-order valence-electron chi connectivity index (χ3n) is 6.60. The molecule has 4 N–H and O–H groups in total. The minimum atomic E-state index is -0.516. The molecule has 5 aromatic rings. The van der Waals surface area contributed by atoms with E-state index in [1.165, 1.54) is 0 Å². The second-order valence-electron chi connectivity index (χ2n) is 9.77. The topological polar surface area (TPSA) is 101 Å². The summed E-state index contributed by atoms with van der Waals surface area (Å²) in [5.41, 5.74) is 6.61. The summed E-state index contributed by atoms with van der Waals surface area (Å²) < 4.78 is 10.8. The van der Waals surface area contributed by atoms with Crippen molar-refractivity contribution in [2.75, 3.05) is 34.5 Å². The van der Waals surface area contributed by atoms with Gasteiger partial charge in [-0.2, -0.15) is 0 Å². The molecule has 0 spiro atoms. The minimum Gasteiger partial charge on any atom is -0.462 e. The summed E-state index contributed by atoms with van der Waals surface area (Å²) in [7, 11) is 0. The van der Waals surface area contributed by atoms with E-state index in [0.29, 0.717) is 11.4 Å². The van der Waals surface area contributed by atoms with Crippen molar-refractivity contribution in [2.24, 2.45) is 0 Å². The lowest BCUT2D eigenvalue weighted by atomic mass is 10.0. The summed E-state index contributed by atoms with van der Waals surface area (Å²) in [4.78, 5) is 26.2. The second-order valence-corrected chi connectivity index (χ2v) is 9.77. The molecule has 8 nitrogen and oxygen atoms in total. The van der Waals surface area contributed by atoms with E-state index in [1.54, 1.807) is 26.0 Å². The van der Waals surface area contributed by atoms with Crippen molar-refractivity contribution in [2.45, 2.75) is 13.8 Å². The highest BCUT2D eigenvalue weighted by molar-refractivity contribution is 6.04. The van der Waals surface area contributed by atoms with E-state index in [2.05, 4.69) is 21.3 Å². The lowest BCUT2D eigenvalue weighted by Gasteiger charge is -2.18. The van der Waals surface area contributed by atoms with E-state index in [-0.39, 0.29) is 24.3 Å². The van der Waals surface area contributed by atoms with E-state index in [4.69, 9.17) is 9.47 Å². The van der Waals surface area contributed by atoms with Crippen molar-refractivity contribution < 1.29 is 19.1 Å². The average Bonchev–Trinajstić information content (AvgIpc) is 3.04. The third-order valence-corrected chi connectivity index (χ3v) is 6.60. The van der Waals surface area contributed by atoms with E-state index in [9.17, 15) is 9.59 Å². The van der Waals surface area contributed by atoms with Gasteiger partial charge in [-0.05, 0) is 98.8 Å². The Balaban J connectivity index is 1.43. The van der Waals surface area contributed by atoms with Gasteiger partial charge in [-0.25, -0.2) is 9.59 Å². The fourth-order valence-corrected chi connectivity index (χ4v) is 4.52. The number of rotatable bonds is 12. The zero-order valence-corrected chi connectivity index (χ0v) is 24.6. The highest BCUT2D eigenvalue weighted by Gasteiger charge is 2.22. The van der Waals surface area contributed by atoms with Crippen molar-refractivity contribution in [3.05, 3.63) is 132 Å². The molecule has 0 atom stereocenters. The fourth-order valence-electron chi connectivity index (χ4n) is 4.52. The zero-order valence-electron chi connectivity index (χ0n) is 24.6. The molecule has 0 aliphatic carbocycles. The van der Waals surface area contributed by atoms with Crippen LogP contribution in [0.5, 0.6) is 0 Å². The lowest BCUT2D eigenvalue weighted by Crippen LogP contribution is -2.13. The summed E-state index contributed by atoms with van der Waals surface area (Å²) in [5.74, 6) is -1.03. The summed E-state index contributed by atoms with van der Waals surface area (Å²) in [6.45, 7) is 3.91. The Labute approximate surface area is 257 Å². The van der Waals surface area contributed by atoms with E-state index < -0.39 is 11.9 Å². The molecule has 0 saturated carbocycles. The van der Waals surface area contributed by atoms with Gasteiger partial charge >= 0.3 is 11.9 Å². The maximum absolute atomic E-state index is 13.1. The first-order valence-electron chi connectivity index (χ1n) is 14.4. The standard InChI is InChI=1S/C36H34N4O4/c1-3-43-35(41)31-23-34(40-30-21-17-28(18-22-30)38-26-13-9-6-10-14-26)32(36(42)44-4-2)24-33(31)39-29-19-15-27(16-20-29)37-25-11-7-5-8-12-25/h5-24,37-40H,3-4H2,1-2H3. The third kappa shape index (κ3) is 7.74. The second kappa shape index (κ2) is 14.4. The van der Waals surface area contributed by atoms with Gasteiger partial charge in [-0.1, -0.05) is 36.4 Å². The van der Waals surface area contributed by atoms with Crippen molar-refractivity contribution >= 4 is 57.4 Å². The van der Waals surface area contributed by atoms with E-state index in [1.807, 2.05) is 109 Å². The molecule has 0 aromatic heterocycles. The Kier molecular flexibility index (Phi) is 9.74. The fraction of sp³-hybridized carbons (Fsp3) is 0.111. The summed E-state index contributed by atoms with van der Waals surface area (Å²) in [5, 5.41) is 13.3. The molecule has 0 unspecified atom stereocenters. The molecule has 5 rings (SSSR count). The van der Waals surface area contributed by atoms with Crippen molar-refractivity contribution in [3.8, 4) is 0 Å². The van der Waals surface area contributed by atoms with Gasteiger partial charge in [-0.3, -0.25) is 0 Å².